The molecule has 0 nitrogen and oxygen atoms in total. The van der Waals surface area contributed by atoms with E-state index in [1.54, 1.807) is 25.7 Å². The molecule has 58 valence electrons. The molecule has 1 atom stereocenters. The van der Waals surface area contributed by atoms with Gasteiger partial charge in [-0.05, 0) is 43.4 Å². The van der Waals surface area contributed by atoms with Crippen molar-refractivity contribution in [3.63, 3.8) is 0 Å². The van der Waals surface area contributed by atoms with Gasteiger partial charge in [0, 0.05) is 0 Å². The summed E-state index contributed by atoms with van der Waals surface area (Å²) in [5.74, 6) is 1.10. The molecule has 2 aliphatic rings. The van der Waals surface area contributed by atoms with E-state index in [9.17, 15) is 0 Å². The number of hydrogen-bond donors (Lipinski definition) is 0. The highest BCUT2D eigenvalue weighted by atomic mass is 14.5. The standard InChI is InChI=1S/C10H18/c1-2-9-4-7-10(8-9)5-3-6-10/h9H,2-8H2,1H3. The summed E-state index contributed by atoms with van der Waals surface area (Å²) in [4.78, 5) is 0. The predicted molar refractivity (Wildman–Crippen MR) is 43.9 cm³/mol. The molecule has 1 spiro atoms. The summed E-state index contributed by atoms with van der Waals surface area (Å²) in [5, 5.41) is 0. The zero-order chi connectivity index (χ0) is 7.03. The quantitative estimate of drug-likeness (QED) is 0.521. The van der Waals surface area contributed by atoms with Crippen molar-refractivity contribution in [3.8, 4) is 0 Å². The molecule has 10 heavy (non-hydrogen) atoms. The largest absolute Gasteiger partial charge is 0.0651 e. The van der Waals surface area contributed by atoms with Crippen LogP contribution in [-0.4, -0.2) is 0 Å². The SMILES string of the molecule is CCC1CCC2(CCC2)C1. The first kappa shape index (κ1) is 6.69. The van der Waals surface area contributed by atoms with E-state index in [0.717, 1.165) is 11.3 Å². The Morgan fingerprint density at radius 1 is 1.30 bits per heavy atom. The third-order valence-corrected chi connectivity index (χ3v) is 3.80. The van der Waals surface area contributed by atoms with Crippen molar-refractivity contribution in [1.29, 1.82) is 0 Å². The molecule has 2 fully saturated rings. The Morgan fingerprint density at radius 3 is 2.40 bits per heavy atom. The zero-order valence-corrected chi connectivity index (χ0v) is 7.03. The first-order valence-corrected chi connectivity index (χ1v) is 4.85. The summed E-state index contributed by atoms with van der Waals surface area (Å²) < 4.78 is 0. The van der Waals surface area contributed by atoms with Gasteiger partial charge in [-0.3, -0.25) is 0 Å². The van der Waals surface area contributed by atoms with Gasteiger partial charge in [-0.2, -0.15) is 0 Å². The van der Waals surface area contributed by atoms with Crippen LogP contribution in [0.1, 0.15) is 51.9 Å². The van der Waals surface area contributed by atoms with Crippen molar-refractivity contribution < 1.29 is 0 Å². The normalized spacial score (nSPS) is 36.3. The van der Waals surface area contributed by atoms with Crippen LogP contribution in [0.15, 0.2) is 0 Å². The maximum absolute atomic E-state index is 2.35. The monoisotopic (exact) mass is 138 g/mol. The van der Waals surface area contributed by atoms with E-state index in [1.807, 2.05) is 0 Å². The number of hydrogen-bond acceptors (Lipinski definition) is 0. The molecule has 0 aromatic rings. The van der Waals surface area contributed by atoms with Crippen molar-refractivity contribution >= 4 is 0 Å². The minimum Gasteiger partial charge on any atom is -0.0651 e. The lowest BCUT2D eigenvalue weighted by Crippen LogP contribution is -2.25. The van der Waals surface area contributed by atoms with Crippen molar-refractivity contribution in [1.82, 2.24) is 0 Å². The van der Waals surface area contributed by atoms with Crippen LogP contribution in [0, 0.1) is 11.3 Å². The summed E-state index contributed by atoms with van der Waals surface area (Å²) in [5.41, 5.74) is 0.890. The predicted octanol–water partition coefficient (Wildman–Crippen LogP) is 3.37. The highest BCUT2D eigenvalue weighted by Crippen LogP contribution is 2.55. The van der Waals surface area contributed by atoms with Crippen molar-refractivity contribution in [2.24, 2.45) is 11.3 Å². The molecule has 0 N–H and O–H groups in total. The molecule has 2 saturated carbocycles. The molecule has 0 aromatic heterocycles. The van der Waals surface area contributed by atoms with E-state index in [-0.39, 0.29) is 0 Å². The molecular weight excluding hydrogens is 120 g/mol. The van der Waals surface area contributed by atoms with Gasteiger partial charge in [0.15, 0.2) is 0 Å². The van der Waals surface area contributed by atoms with Gasteiger partial charge in [0.1, 0.15) is 0 Å². The smallest absolute Gasteiger partial charge is 0.0295 e. The van der Waals surface area contributed by atoms with Crippen LogP contribution < -0.4 is 0 Å². The lowest BCUT2D eigenvalue weighted by molar-refractivity contribution is 0.136. The molecule has 1 unspecified atom stereocenters. The summed E-state index contributed by atoms with van der Waals surface area (Å²) in [6.45, 7) is 2.35. The highest BCUT2D eigenvalue weighted by Gasteiger charge is 2.42. The molecule has 0 saturated heterocycles. The van der Waals surface area contributed by atoms with Crippen LogP contribution in [-0.2, 0) is 0 Å². The Morgan fingerprint density at radius 2 is 2.10 bits per heavy atom. The molecule has 0 radical (unpaired) electrons. The highest BCUT2D eigenvalue weighted by molar-refractivity contribution is 4.94. The minimum absolute atomic E-state index is 0.890. The Hall–Kier alpha value is 0. The van der Waals surface area contributed by atoms with E-state index in [4.69, 9.17) is 0 Å². The van der Waals surface area contributed by atoms with Crippen LogP contribution >= 0.6 is 0 Å². The molecule has 0 bridgehead atoms. The topological polar surface area (TPSA) is 0 Å². The molecule has 0 aromatic carbocycles. The average Bonchev–Trinajstić information content (AvgIpc) is 2.29. The third-order valence-electron chi connectivity index (χ3n) is 3.80. The van der Waals surface area contributed by atoms with Gasteiger partial charge in [-0.25, -0.2) is 0 Å². The van der Waals surface area contributed by atoms with Crippen molar-refractivity contribution in [2.45, 2.75) is 51.9 Å². The Labute approximate surface area is 64.0 Å². The summed E-state index contributed by atoms with van der Waals surface area (Å²) in [6, 6.07) is 0. The van der Waals surface area contributed by atoms with E-state index in [2.05, 4.69) is 6.92 Å². The Kier molecular flexibility index (Phi) is 1.51. The Bertz CT molecular complexity index is 122. The van der Waals surface area contributed by atoms with Gasteiger partial charge in [0.05, 0.1) is 0 Å². The van der Waals surface area contributed by atoms with Gasteiger partial charge in [-0.15, -0.1) is 0 Å². The van der Waals surface area contributed by atoms with Crippen molar-refractivity contribution in [2.75, 3.05) is 0 Å². The maximum Gasteiger partial charge on any atom is -0.0295 e. The fourth-order valence-corrected chi connectivity index (χ4v) is 2.81. The van der Waals surface area contributed by atoms with E-state index in [0.29, 0.717) is 0 Å². The molecule has 0 amide bonds. The van der Waals surface area contributed by atoms with Crippen molar-refractivity contribution in [3.05, 3.63) is 0 Å². The molecule has 2 rings (SSSR count). The maximum atomic E-state index is 2.35. The van der Waals surface area contributed by atoms with Crippen LogP contribution in [0.3, 0.4) is 0 Å². The van der Waals surface area contributed by atoms with Crippen LogP contribution in [0.4, 0.5) is 0 Å². The Balaban J connectivity index is 1.92. The lowest BCUT2D eigenvalue weighted by Gasteiger charge is -2.38. The second-order valence-corrected chi connectivity index (χ2v) is 4.37. The van der Waals surface area contributed by atoms with E-state index in [1.165, 1.54) is 19.3 Å². The third kappa shape index (κ3) is 0.889. The summed E-state index contributed by atoms with van der Waals surface area (Å²) in [7, 11) is 0. The minimum atomic E-state index is 0.890. The lowest BCUT2D eigenvalue weighted by atomic mass is 9.67. The molecular formula is C10H18. The van der Waals surface area contributed by atoms with Crippen LogP contribution in [0.2, 0.25) is 0 Å². The van der Waals surface area contributed by atoms with Crippen LogP contribution in [0.5, 0.6) is 0 Å². The first-order chi connectivity index (χ1) is 4.85. The van der Waals surface area contributed by atoms with Gasteiger partial charge in [0.25, 0.3) is 0 Å². The average molecular weight is 138 g/mol. The molecule has 2 aliphatic carbocycles. The van der Waals surface area contributed by atoms with Crippen LogP contribution in [0.25, 0.3) is 0 Å². The zero-order valence-electron chi connectivity index (χ0n) is 7.03. The summed E-state index contributed by atoms with van der Waals surface area (Å²) in [6.07, 6.45) is 10.7. The van der Waals surface area contributed by atoms with Gasteiger partial charge in [0.2, 0.25) is 0 Å². The van der Waals surface area contributed by atoms with Gasteiger partial charge >= 0.3 is 0 Å². The fourth-order valence-electron chi connectivity index (χ4n) is 2.81. The van der Waals surface area contributed by atoms with Gasteiger partial charge < -0.3 is 0 Å². The molecule has 0 heterocycles. The van der Waals surface area contributed by atoms with Gasteiger partial charge in [-0.1, -0.05) is 19.8 Å². The fraction of sp³-hybridized carbons (Fsp3) is 1.00. The second-order valence-electron chi connectivity index (χ2n) is 4.37. The summed E-state index contributed by atoms with van der Waals surface area (Å²) >= 11 is 0. The number of rotatable bonds is 1. The second kappa shape index (κ2) is 2.25. The van der Waals surface area contributed by atoms with E-state index >= 15 is 0 Å². The molecule has 0 aliphatic heterocycles. The first-order valence-electron chi connectivity index (χ1n) is 4.85. The molecule has 0 heteroatoms. The van der Waals surface area contributed by atoms with E-state index < -0.39 is 0 Å².